The normalized spacial score (nSPS) is 42.5. The number of ether oxygens (including phenoxy) is 5. The van der Waals surface area contributed by atoms with Crippen LogP contribution in [0.4, 0.5) is 0 Å². The molecule has 2 bridgehead atoms. The number of hydrogen-bond donors (Lipinski definition) is 10. The highest BCUT2D eigenvalue weighted by Gasteiger charge is 2.55. The molecule has 0 saturated carbocycles. The predicted octanol–water partition coefficient (Wildman–Crippen LogP) is -7.61. The smallest absolute Gasteiger partial charge is 0.245 e. The maximum atomic E-state index is 13.1. The molecule has 14 atom stereocenters. The molecule has 3 aliphatic heterocycles. The number of rotatable bonds is 8. The first-order valence-corrected chi connectivity index (χ1v) is 12.6. The first-order valence-electron chi connectivity index (χ1n) is 12.6. The van der Waals surface area contributed by atoms with E-state index in [1.807, 2.05) is 0 Å². The Bertz CT molecular complexity index is 828. The van der Waals surface area contributed by atoms with E-state index in [1.54, 1.807) is 7.85 Å². The van der Waals surface area contributed by atoms with E-state index in [9.17, 15) is 50.4 Å². The van der Waals surface area contributed by atoms with Crippen LogP contribution in [0.1, 0.15) is 6.92 Å². The second-order valence-corrected chi connectivity index (χ2v) is 9.57. The molecule has 2 amide bonds. The number of hydrogen-bond acceptors (Lipinski definition) is 15. The Kier molecular flexibility index (Phi) is 11.4. The van der Waals surface area contributed by atoms with Crippen molar-refractivity contribution < 1.29 is 74.1 Å². The minimum Gasteiger partial charge on any atom is -0.394 e. The van der Waals surface area contributed by atoms with E-state index in [1.165, 1.54) is 0 Å². The standard InChI is InChI=1S/C21H37BN2O15/c1-6(27)24-9(18(34)23-3-2-22)16-15(7(28)4-25)36-21-17(12(31)10(29)8(5-26)35-21)38-20-14(33)11(30)13(32)19(37-16)39-20/h7-17,19-21,25-26,28-33H,2-5,22H2,1H3,(H,23,34)(H,24,27)/t7-,8-,9-,10+,11+,12+,13+,14+,15-,16-,17?,19-,20-,21+/m1/s1. The lowest BCUT2D eigenvalue weighted by atomic mass is 9.95. The number of aliphatic hydroxyl groups is 8. The van der Waals surface area contributed by atoms with Crippen molar-refractivity contribution >= 4 is 19.7 Å². The van der Waals surface area contributed by atoms with E-state index in [-0.39, 0.29) is 6.54 Å². The van der Waals surface area contributed by atoms with E-state index in [4.69, 9.17) is 23.7 Å². The van der Waals surface area contributed by atoms with Gasteiger partial charge in [0.15, 0.2) is 18.9 Å². The molecule has 3 heterocycles. The number of aliphatic hydroxyl groups excluding tert-OH is 8. The van der Waals surface area contributed by atoms with Crippen LogP contribution < -0.4 is 10.6 Å². The van der Waals surface area contributed by atoms with Crippen LogP contribution in [0.3, 0.4) is 0 Å². The third-order valence-corrected chi connectivity index (χ3v) is 6.63. The minimum absolute atomic E-state index is 0.176. The lowest BCUT2D eigenvalue weighted by Crippen LogP contribution is -2.69. The summed E-state index contributed by atoms with van der Waals surface area (Å²) < 4.78 is 28.3. The molecule has 39 heavy (non-hydrogen) atoms. The van der Waals surface area contributed by atoms with Gasteiger partial charge in [-0.15, -0.1) is 0 Å². The lowest BCUT2D eigenvalue weighted by Gasteiger charge is -2.49. The highest BCUT2D eigenvalue weighted by atomic mass is 16.8. The molecule has 0 aromatic heterocycles. The van der Waals surface area contributed by atoms with Crippen LogP contribution in [-0.4, -0.2) is 166 Å². The molecule has 0 aromatic rings. The van der Waals surface area contributed by atoms with Crippen molar-refractivity contribution in [1.29, 1.82) is 0 Å². The minimum atomic E-state index is -1.95. The zero-order valence-corrected chi connectivity index (χ0v) is 21.3. The Morgan fingerprint density at radius 2 is 1.44 bits per heavy atom. The summed E-state index contributed by atoms with van der Waals surface area (Å²) in [4.78, 5) is 25.2. The topological polar surface area (TPSA) is 266 Å². The molecule has 10 N–H and O–H groups in total. The van der Waals surface area contributed by atoms with Gasteiger partial charge >= 0.3 is 0 Å². The number of carbonyl (C=O) groups excluding carboxylic acids is 2. The van der Waals surface area contributed by atoms with E-state index in [0.717, 1.165) is 6.92 Å². The molecule has 0 aliphatic carbocycles. The molecule has 18 heteroatoms. The third-order valence-electron chi connectivity index (χ3n) is 6.63. The highest BCUT2D eigenvalue weighted by molar-refractivity contribution is 6.08. The summed E-state index contributed by atoms with van der Waals surface area (Å²) in [6.45, 7) is -0.492. The van der Waals surface area contributed by atoms with E-state index in [2.05, 4.69) is 10.6 Å². The summed E-state index contributed by atoms with van der Waals surface area (Å²) in [6.07, 6.45) is -22.8. The monoisotopic (exact) mass is 568 g/mol. The summed E-state index contributed by atoms with van der Waals surface area (Å²) in [5.41, 5.74) is 0. The van der Waals surface area contributed by atoms with Gasteiger partial charge in [0.05, 0.1) is 13.2 Å². The maximum absolute atomic E-state index is 13.1. The Morgan fingerprint density at radius 3 is 2.00 bits per heavy atom. The summed E-state index contributed by atoms with van der Waals surface area (Å²) in [5, 5.41) is 87.7. The molecular formula is C21H37BN2O15. The SMILES string of the molecule is BCCNC(=O)[C@H](NC(C)=O)[C@H]1O[C@@H]2O[C@@H](OC3[C@H](O[C@@H]1[C@H](O)CO)O[C@H](CO)[C@H](O)[C@@H]3O)[C@@H](O)[C@@H](O)[C@@H]2O. The van der Waals surface area contributed by atoms with Crippen LogP contribution in [0.15, 0.2) is 0 Å². The molecule has 17 nitrogen and oxygen atoms in total. The number of fused-ring (bicyclic) bond motifs is 3. The lowest BCUT2D eigenvalue weighted by molar-refractivity contribution is -0.417. The second-order valence-electron chi connectivity index (χ2n) is 9.57. The number of nitrogens with one attached hydrogen (secondary N) is 2. The van der Waals surface area contributed by atoms with Crippen molar-refractivity contribution in [2.45, 2.75) is 99.2 Å². The van der Waals surface area contributed by atoms with Gasteiger partial charge < -0.3 is 75.2 Å². The van der Waals surface area contributed by atoms with Gasteiger partial charge in [0.25, 0.3) is 0 Å². The fourth-order valence-corrected chi connectivity index (χ4v) is 4.53. The summed E-state index contributed by atoms with van der Waals surface area (Å²) in [6, 6.07) is -1.65. The van der Waals surface area contributed by atoms with Crippen molar-refractivity contribution in [3.63, 3.8) is 0 Å². The summed E-state index contributed by atoms with van der Waals surface area (Å²) >= 11 is 0. The number of carbonyl (C=O) groups is 2. The Morgan fingerprint density at radius 1 is 0.821 bits per heavy atom. The van der Waals surface area contributed by atoms with Crippen molar-refractivity contribution in [3.8, 4) is 0 Å². The van der Waals surface area contributed by atoms with Crippen LogP contribution >= 0.6 is 0 Å². The van der Waals surface area contributed by atoms with E-state index in [0.29, 0.717) is 6.32 Å². The zero-order chi connectivity index (χ0) is 29.0. The second kappa shape index (κ2) is 13.9. The molecule has 0 aromatic carbocycles. The van der Waals surface area contributed by atoms with Crippen LogP contribution in [0.2, 0.25) is 6.32 Å². The average molecular weight is 568 g/mol. The van der Waals surface area contributed by atoms with Gasteiger partial charge in [0.2, 0.25) is 11.8 Å². The Balaban J connectivity index is 2.12. The first kappa shape index (κ1) is 32.0. The Labute approximate surface area is 224 Å². The molecule has 3 rings (SSSR count). The van der Waals surface area contributed by atoms with Gasteiger partial charge in [-0.3, -0.25) is 9.59 Å². The van der Waals surface area contributed by atoms with Crippen LogP contribution in [0.25, 0.3) is 0 Å². The molecular weight excluding hydrogens is 531 g/mol. The average Bonchev–Trinajstić information content (AvgIpc) is 2.91. The van der Waals surface area contributed by atoms with E-state index >= 15 is 0 Å². The van der Waals surface area contributed by atoms with Crippen molar-refractivity contribution in [2.75, 3.05) is 19.8 Å². The maximum Gasteiger partial charge on any atom is 0.245 e. The van der Waals surface area contributed by atoms with Gasteiger partial charge in [-0.25, -0.2) is 0 Å². The van der Waals surface area contributed by atoms with Crippen molar-refractivity contribution in [2.24, 2.45) is 0 Å². The highest BCUT2D eigenvalue weighted by Crippen LogP contribution is 2.34. The molecule has 0 radical (unpaired) electrons. The third kappa shape index (κ3) is 7.04. The number of amides is 2. The molecule has 1 unspecified atom stereocenters. The molecule has 0 spiro atoms. The first-order chi connectivity index (χ1) is 18.4. The van der Waals surface area contributed by atoms with Gasteiger partial charge in [-0.1, -0.05) is 6.32 Å². The quantitative estimate of drug-likeness (QED) is 0.122. The molecule has 3 saturated heterocycles. The van der Waals surface area contributed by atoms with Crippen LogP contribution in [0.5, 0.6) is 0 Å². The predicted molar refractivity (Wildman–Crippen MR) is 126 cm³/mol. The van der Waals surface area contributed by atoms with Gasteiger partial charge in [-0.2, -0.15) is 0 Å². The van der Waals surface area contributed by atoms with Crippen molar-refractivity contribution in [1.82, 2.24) is 10.6 Å². The van der Waals surface area contributed by atoms with Crippen LogP contribution in [0, 0.1) is 0 Å². The fraction of sp³-hybridized carbons (Fsp3) is 0.905. The zero-order valence-electron chi connectivity index (χ0n) is 21.3. The molecule has 224 valence electrons. The van der Waals surface area contributed by atoms with Gasteiger partial charge in [-0.05, 0) is 0 Å². The largest absolute Gasteiger partial charge is 0.394 e. The molecule has 3 aliphatic rings. The van der Waals surface area contributed by atoms with Crippen molar-refractivity contribution in [3.05, 3.63) is 0 Å². The van der Waals surface area contributed by atoms with Crippen LogP contribution in [-0.2, 0) is 33.3 Å². The van der Waals surface area contributed by atoms with Gasteiger partial charge in [0.1, 0.15) is 74.9 Å². The van der Waals surface area contributed by atoms with E-state index < -0.39 is 111 Å². The molecule has 3 fully saturated rings. The Hall–Kier alpha value is -1.52. The summed E-state index contributed by atoms with van der Waals surface area (Å²) in [5.74, 6) is -1.52. The summed E-state index contributed by atoms with van der Waals surface area (Å²) in [7, 11) is 1.77. The fourth-order valence-electron chi connectivity index (χ4n) is 4.53. The van der Waals surface area contributed by atoms with Gasteiger partial charge in [0, 0.05) is 13.5 Å².